The number of pyridine rings is 1. The average Bonchev–Trinajstić information content (AvgIpc) is 2.75. The molecule has 0 bridgehead atoms. The van der Waals surface area contributed by atoms with Gasteiger partial charge in [-0.1, -0.05) is 6.07 Å². The molecule has 7 heteroatoms. The van der Waals surface area contributed by atoms with Crippen molar-refractivity contribution in [1.29, 1.82) is 0 Å². The molecule has 0 radical (unpaired) electrons. The zero-order chi connectivity index (χ0) is 20.8. The number of carbonyl (C=O) groups is 2. The van der Waals surface area contributed by atoms with Gasteiger partial charge >= 0.3 is 0 Å². The summed E-state index contributed by atoms with van der Waals surface area (Å²) in [7, 11) is 1.69. The minimum Gasteiger partial charge on any atom is -0.341 e. The molecular weight excluding hydrogens is 376 g/mol. The van der Waals surface area contributed by atoms with Gasteiger partial charge < -0.3 is 10.2 Å². The molecule has 0 unspecified atom stereocenters. The molecule has 3 rings (SSSR count). The van der Waals surface area contributed by atoms with E-state index in [-0.39, 0.29) is 17.2 Å². The second kappa shape index (κ2) is 9.05. The summed E-state index contributed by atoms with van der Waals surface area (Å²) in [5.74, 6) is -2.79. The van der Waals surface area contributed by atoms with Crippen LogP contribution in [0.3, 0.4) is 0 Å². The summed E-state index contributed by atoms with van der Waals surface area (Å²) in [4.78, 5) is 30.6. The molecule has 0 aliphatic heterocycles. The first-order valence-electron chi connectivity index (χ1n) is 8.95. The van der Waals surface area contributed by atoms with E-state index in [1.165, 1.54) is 12.1 Å². The Morgan fingerprint density at radius 3 is 2.41 bits per heavy atom. The maximum Gasteiger partial charge on any atom is 0.255 e. The molecular formula is C22H19F2N3O2. The lowest BCUT2D eigenvalue weighted by atomic mass is 10.1. The monoisotopic (exact) mass is 395 g/mol. The van der Waals surface area contributed by atoms with Crippen LogP contribution in [0, 0.1) is 11.6 Å². The molecule has 0 fully saturated rings. The SMILES string of the molecule is CN(CCc1ccncc1)C(=O)c1cccc(C(=O)Nc2ccc(F)c(F)c2)c1. The third-order valence-corrected chi connectivity index (χ3v) is 4.38. The Morgan fingerprint density at radius 1 is 0.966 bits per heavy atom. The number of hydrogen-bond acceptors (Lipinski definition) is 3. The Balaban J connectivity index is 1.66. The van der Waals surface area contributed by atoms with E-state index in [9.17, 15) is 18.4 Å². The van der Waals surface area contributed by atoms with Gasteiger partial charge in [-0.2, -0.15) is 0 Å². The quantitative estimate of drug-likeness (QED) is 0.688. The van der Waals surface area contributed by atoms with Crippen molar-refractivity contribution in [3.8, 4) is 0 Å². The van der Waals surface area contributed by atoms with E-state index >= 15 is 0 Å². The van der Waals surface area contributed by atoms with Crippen LogP contribution < -0.4 is 5.32 Å². The summed E-state index contributed by atoms with van der Waals surface area (Å²) in [5.41, 5.74) is 1.79. The zero-order valence-corrected chi connectivity index (χ0v) is 15.7. The summed E-state index contributed by atoms with van der Waals surface area (Å²) >= 11 is 0. The van der Waals surface area contributed by atoms with Crippen LogP contribution in [0.15, 0.2) is 67.0 Å². The van der Waals surface area contributed by atoms with Crippen LogP contribution in [0.2, 0.25) is 0 Å². The van der Waals surface area contributed by atoms with Gasteiger partial charge in [0, 0.05) is 48.9 Å². The van der Waals surface area contributed by atoms with Crippen molar-refractivity contribution in [2.75, 3.05) is 18.9 Å². The normalized spacial score (nSPS) is 10.4. The lowest BCUT2D eigenvalue weighted by Gasteiger charge is -2.17. The van der Waals surface area contributed by atoms with Crippen molar-refractivity contribution in [2.45, 2.75) is 6.42 Å². The van der Waals surface area contributed by atoms with Crippen molar-refractivity contribution in [3.63, 3.8) is 0 Å². The number of benzene rings is 2. The minimum atomic E-state index is -1.05. The molecule has 29 heavy (non-hydrogen) atoms. The molecule has 0 spiro atoms. The van der Waals surface area contributed by atoms with Crippen molar-refractivity contribution < 1.29 is 18.4 Å². The highest BCUT2D eigenvalue weighted by Crippen LogP contribution is 2.15. The molecule has 2 aromatic carbocycles. The van der Waals surface area contributed by atoms with E-state index in [2.05, 4.69) is 10.3 Å². The predicted octanol–water partition coefficient (Wildman–Crippen LogP) is 3.93. The average molecular weight is 395 g/mol. The fraction of sp³-hybridized carbons (Fsp3) is 0.136. The van der Waals surface area contributed by atoms with Crippen molar-refractivity contribution >= 4 is 17.5 Å². The third-order valence-electron chi connectivity index (χ3n) is 4.38. The van der Waals surface area contributed by atoms with Gasteiger partial charge in [0.1, 0.15) is 0 Å². The van der Waals surface area contributed by atoms with E-state index in [0.29, 0.717) is 18.5 Å². The summed E-state index contributed by atoms with van der Waals surface area (Å²) in [6, 6.07) is 13.1. The number of amides is 2. The Morgan fingerprint density at radius 2 is 1.69 bits per heavy atom. The number of likely N-dealkylation sites (N-methyl/N-ethyl adjacent to an activating group) is 1. The number of anilines is 1. The number of nitrogens with zero attached hydrogens (tertiary/aromatic N) is 2. The van der Waals surface area contributed by atoms with Gasteiger partial charge in [-0.25, -0.2) is 8.78 Å². The summed E-state index contributed by atoms with van der Waals surface area (Å²) in [6.45, 7) is 0.508. The fourth-order valence-electron chi connectivity index (χ4n) is 2.74. The van der Waals surface area contributed by atoms with E-state index in [1.54, 1.807) is 42.5 Å². The van der Waals surface area contributed by atoms with Crippen LogP contribution >= 0.6 is 0 Å². The zero-order valence-electron chi connectivity index (χ0n) is 15.7. The summed E-state index contributed by atoms with van der Waals surface area (Å²) in [5, 5.41) is 2.49. The van der Waals surface area contributed by atoms with Crippen LogP contribution in [0.4, 0.5) is 14.5 Å². The molecule has 0 saturated carbocycles. The topological polar surface area (TPSA) is 62.3 Å². The highest BCUT2D eigenvalue weighted by Gasteiger charge is 2.15. The van der Waals surface area contributed by atoms with E-state index in [4.69, 9.17) is 0 Å². The first kappa shape index (κ1) is 20.1. The molecule has 3 aromatic rings. The highest BCUT2D eigenvalue weighted by molar-refractivity contribution is 6.06. The van der Waals surface area contributed by atoms with Gasteiger partial charge in [-0.05, 0) is 54.4 Å². The number of hydrogen-bond donors (Lipinski definition) is 1. The molecule has 2 amide bonds. The molecule has 0 atom stereocenters. The highest BCUT2D eigenvalue weighted by atomic mass is 19.2. The molecule has 148 valence electrons. The predicted molar refractivity (Wildman–Crippen MR) is 106 cm³/mol. The molecule has 1 heterocycles. The molecule has 5 nitrogen and oxygen atoms in total. The minimum absolute atomic E-state index is 0.125. The first-order valence-corrected chi connectivity index (χ1v) is 8.95. The van der Waals surface area contributed by atoms with Crippen LogP contribution in [-0.4, -0.2) is 35.3 Å². The van der Waals surface area contributed by atoms with E-state index in [1.807, 2.05) is 12.1 Å². The fourth-order valence-corrected chi connectivity index (χ4v) is 2.74. The smallest absolute Gasteiger partial charge is 0.255 e. The van der Waals surface area contributed by atoms with Crippen LogP contribution in [0.25, 0.3) is 0 Å². The molecule has 0 saturated heterocycles. The van der Waals surface area contributed by atoms with Gasteiger partial charge in [-0.3, -0.25) is 14.6 Å². The Labute approximate surface area is 167 Å². The number of aromatic nitrogens is 1. The maximum absolute atomic E-state index is 13.3. The van der Waals surface area contributed by atoms with Crippen LogP contribution in [-0.2, 0) is 6.42 Å². The van der Waals surface area contributed by atoms with Crippen molar-refractivity contribution in [1.82, 2.24) is 9.88 Å². The van der Waals surface area contributed by atoms with Gasteiger partial charge in [-0.15, -0.1) is 0 Å². The Hall–Kier alpha value is -3.61. The van der Waals surface area contributed by atoms with E-state index in [0.717, 1.165) is 17.7 Å². The van der Waals surface area contributed by atoms with Gasteiger partial charge in [0.25, 0.3) is 11.8 Å². The number of halogens is 2. The summed E-state index contributed by atoms with van der Waals surface area (Å²) in [6.07, 6.45) is 4.08. The number of nitrogens with one attached hydrogen (secondary N) is 1. The molecule has 0 aliphatic carbocycles. The van der Waals surface area contributed by atoms with Gasteiger partial charge in [0.15, 0.2) is 11.6 Å². The molecule has 0 aliphatic rings. The Bertz CT molecular complexity index is 1030. The first-order chi connectivity index (χ1) is 13.9. The van der Waals surface area contributed by atoms with Gasteiger partial charge in [0.2, 0.25) is 0 Å². The molecule has 1 aromatic heterocycles. The summed E-state index contributed by atoms with van der Waals surface area (Å²) < 4.78 is 26.3. The van der Waals surface area contributed by atoms with Gasteiger partial charge in [0.05, 0.1) is 0 Å². The standard InChI is InChI=1S/C22H19F2N3O2/c1-27(12-9-15-7-10-25-11-8-15)22(29)17-4-2-3-16(13-17)21(28)26-18-5-6-19(23)20(24)14-18/h2-8,10-11,13-14H,9,12H2,1H3,(H,26,28). The number of rotatable bonds is 6. The van der Waals surface area contributed by atoms with Crippen molar-refractivity contribution in [3.05, 3.63) is 95.3 Å². The molecule has 1 N–H and O–H groups in total. The van der Waals surface area contributed by atoms with Crippen LogP contribution in [0.5, 0.6) is 0 Å². The van der Waals surface area contributed by atoms with Crippen LogP contribution in [0.1, 0.15) is 26.3 Å². The second-order valence-corrected chi connectivity index (χ2v) is 6.50. The lowest BCUT2D eigenvalue weighted by Crippen LogP contribution is -2.29. The largest absolute Gasteiger partial charge is 0.341 e. The Kier molecular flexibility index (Phi) is 6.29. The lowest BCUT2D eigenvalue weighted by molar-refractivity contribution is 0.0796. The van der Waals surface area contributed by atoms with E-state index < -0.39 is 17.5 Å². The van der Waals surface area contributed by atoms with Crippen molar-refractivity contribution in [2.24, 2.45) is 0 Å². The number of carbonyl (C=O) groups excluding carboxylic acids is 2. The third kappa shape index (κ3) is 5.22. The maximum atomic E-state index is 13.3. The second-order valence-electron chi connectivity index (χ2n) is 6.50.